The van der Waals surface area contributed by atoms with Gasteiger partial charge in [0.25, 0.3) is 0 Å². The number of likely N-dealkylation sites (N-methyl/N-ethyl adjacent to an activating group) is 2. The van der Waals surface area contributed by atoms with Crippen LogP contribution in [-0.4, -0.2) is 68.1 Å². The molecule has 1 fully saturated rings. The number of piperazine rings is 1. The van der Waals surface area contributed by atoms with Gasteiger partial charge < -0.3 is 10.2 Å². The van der Waals surface area contributed by atoms with Crippen LogP contribution < -0.4 is 16.6 Å². The standard InChI is InChI=1S/C11H26N6/c1-9(2)14-11(15-12)13-7-10-8-16(3)5-6-17(10)4/h9-10H,5-8,12H2,1-4H3,(H2,13,14,15). The van der Waals surface area contributed by atoms with Gasteiger partial charge in [-0.3, -0.25) is 15.3 Å². The zero-order valence-electron chi connectivity index (χ0n) is 11.4. The third kappa shape index (κ3) is 4.89. The van der Waals surface area contributed by atoms with Crippen molar-refractivity contribution in [3.8, 4) is 0 Å². The molecule has 0 aliphatic carbocycles. The molecule has 1 rings (SSSR count). The molecule has 1 aliphatic heterocycles. The second-order valence-electron chi connectivity index (χ2n) is 5.03. The molecule has 1 unspecified atom stereocenters. The number of hydrogen-bond acceptors (Lipinski definition) is 4. The van der Waals surface area contributed by atoms with Crippen LogP contribution in [0.3, 0.4) is 0 Å². The van der Waals surface area contributed by atoms with Gasteiger partial charge in [0.15, 0.2) is 0 Å². The fourth-order valence-electron chi connectivity index (χ4n) is 1.90. The summed E-state index contributed by atoms with van der Waals surface area (Å²) >= 11 is 0. The van der Waals surface area contributed by atoms with Crippen molar-refractivity contribution in [1.29, 1.82) is 0 Å². The first kappa shape index (κ1) is 14.2. The molecule has 0 bridgehead atoms. The third-order valence-electron chi connectivity index (χ3n) is 3.00. The third-order valence-corrected chi connectivity index (χ3v) is 3.00. The molecule has 0 aromatic carbocycles. The number of nitrogens with two attached hydrogens (primary N) is 1. The summed E-state index contributed by atoms with van der Waals surface area (Å²) in [6.45, 7) is 8.17. The average Bonchev–Trinajstić information content (AvgIpc) is 2.28. The lowest BCUT2D eigenvalue weighted by atomic mass is 10.2. The normalized spacial score (nSPS) is 24.1. The molecule has 100 valence electrons. The summed E-state index contributed by atoms with van der Waals surface area (Å²) in [6, 6.07) is 0.794. The molecule has 17 heavy (non-hydrogen) atoms. The first-order valence-corrected chi connectivity index (χ1v) is 6.19. The number of nitrogens with one attached hydrogen (secondary N) is 2. The first-order chi connectivity index (χ1) is 8.02. The summed E-state index contributed by atoms with van der Waals surface area (Å²) in [4.78, 5) is 9.19. The lowest BCUT2D eigenvalue weighted by molar-refractivity contribution is 0.119. The molecule has 0 amide bonds. The minimum atomic E-state index is 0.330. The van der Waals surface area contributed by atoms with Crippen LogP contribution in [0.4, 0.5) is 0 Å². The van der Waals surface area contributed by atoms with Gasteiger partial charge in [-0.25, -0.2) is 5.84 Å². The second-order valence-corrected chi connectivity index (χ2v) is 5.03. The summed E-state index contributed by atoms with van der Waals surface area (Å²) in [5.74, 6) is 6.10. The maximum absolute atomic E-state index is 5.43. The Morgan fingerprint density at radius 3 is 2.71 bits per heavy atom. The van der Waals surface area contributed by atoms with Crippen LogP contribution in [0, 0.1) is 0 Å². The fourth-order valence-corrected chi connectivity index (χ4v) is 1.90. The van der Waals surface area contributed by atoms with Crippen LogP contribution in [0.15, 0.2) is 4.99 Å². The molecule has 1 heterocycles. The predicted molar refractivity (Wildman–Crippen MR) is 71.8 cm³/mol. The molecule has 0 radical (unpaired) electrons. The van der Waals surface area contributed by atoms with E-state index in [9.17, 15) is 0 Å². The van der Waals surface area contributed by atoms with Gasteiger partial charge in [0.05, 0.1) is 6.54 Å². The van der Waals surface area contributed by atoms with Crippen molar-refractivity contribution < 1.29 is 0 Å². The Morgan fingerprint density at radius 1 is 1.41 bits per heavy atom. The highest BCUT2D eigenvalue weighted by molar-refractivity contribution is 5.79. The monoisotopic (exact) mass is 242 g/mol. The number of rotatable bonds is 3. The molecule has 6 heteroatoms. The van der Waals surface area contributed by atoms with Crippen molar-refractivity contribution in [3.05, 3.63) is 0 Å². The minimum Gasteiger partial charge on any atom is -0.353 e. The molecular formula is C11H26N6. The van der Waals surface area contributed by atoms with Gasteiger partial charge in [0.1, 0.15) is 0 Å². The summed E-state index contributed by atoms with van der Waals surface area (Å²) in [5, 5.41) is 3.18. The van der Waals surface area contributed by atoms with E-state index in [-0.39, 0.29) is 0 Å². The first-order valence-electron chi connectivity index (χ1n) is 6.19. The van der Waals surface area contributed by atoms with Crippen LogP contribution in [-0.2, 0) is 0 Å². The Kier molecular flexibility index (Phi) is 5.67. The molecule has 1 aliphatic rings. The van der Waals surface area contributed by atoms with Gasteiger partial charge >= 0.3 is 0 Å². The zero-order valence-corrected chi connectivity index (χ0v) is 11.4. The van der Waals surface area contributed by atoms with E-state index in [0.29, 0.717) is 18.0 Å². The number of hydrazine groups is 1. The summed E-state index contributed by atoms with van der Waals surface area (Å²) < 4.78 is 0. The van der Waals surface area contributed by atoms with Crippen molar-refractivity contribution in [2.24, 2.45) is 10.8 Å². The van der Waals surface area contributed by atoms with E-state index in [0.717, 1.165) is 26.2 Å². The molecule has 1 saturated heterocycles. The van der Waals surface area contributed by atoms with Crippen LogP contribution in [0.1, 0.15) is 13.8 Å². The van der Waals surface area contributed by atoms with Gasteiger partial charge in [-0.2, -0.15) is 0 Å². The Labute approximate surface area is 104 Å². The van der Waals surface area contributed by atoms with Gasteiger partial charge in [0, 0.05) is 31.7 Å². The number of nitrogens with zero attached hydrogens (tertiary/aromatic N) is 3. The molecule has 0 saturated carbocycles. The van der Waals surface area contributed by atoms with Crippen LogP contribution >= 0.6 is 0 Å². The van der Waals surface area contributed by atoms with Crippen molar-refractivity contribution in [3.63, 3.8) is 0 Å². The van der Waals surface area contributed by atoms with E-state index >= 15 is 0 Å². The van der Waals surface area contributed by atoms with E-state index in [1.807, 2.05) is 0 Å². The number of aliphatic imine (C=N–C) groups is 1. The van der Waals surface area contributed by atoms with E-state index in [1.165, 1.54) is 0 Å². The second kappa shape index (κ2) is 6.78. The van der Waals surface area contributed by atoms with Crippen molar-refractivity contribution in [2.75, 3.05) is 40.3 Å². The fraction of sp³-hybridized carbons (Fsp3) is 0.909. The highest BCUT2D eigenvalue weighted by Gasteiger charge is 2.21. The Morgan fingerprint density at radius 2 is 2.12 bits per heavy atom. The molecule has 4 N–H and O–H groups in total. The lowest BCUT2D eigenvalue weighted by Crippen LogP contribution is -2.52. The van der Waals surface area contributed by atoms with E-state index in [2.05, 4.69) is 53.5 Å². The predicted octanol–water partition coefficient (Wildman–Crippen LogP) is -0.950. The molecular weight excluding hydrogens is 216 g/mol. The number of hydrogen-bond donors (Lipinski definition) is 3. The van der Waals surface area contributed by atoms with Gasteiger partial charge in [-0.15, -0.1) is 0 Å². The molecule has 1 atom stereocenters. The van der Waals surface area contributed by atoms with E-state index < -0.39 is 0 Å². The summed E-state index contributed by atoms with van der Waals surface area (Å²) in [7, 11) is 4.30. The summed E-state index contributed by atoms with van der Waals surface area (Å²) in [5.41, 5.74) is 2.61. The number of guanidine groups is 1. The lowest BCUT2D eigenvalue weighted by Gasteiger charge is -2.36. The Hall–Kier alpha value is -0.850. The average molecular weight is 242 g/mol. The van der Waals surface area contributed by atoms with Crippen molar-refractivity contribution in [2.45, 2.75) is 25.9 Å². The Bertz CT molecular complexity index is 252. The highest BCUT2D eigenvalue weighted by Crippen LogP contribution is 2.05. The van der Waals surface area contributed by atoms with Gasteiger partial charge in [-0.1, -0.05) is 0 Å². The van der Waals surface area contributed by atoms with Gasteiger partial charge in [0.2, 0.25) is 5.96 Å². The quantitative estimate of drug-likeness (QED) is 0.258. The van der Waals surface area contributed by atoms with Crippen LogP contribution in [0.2, 0.25) is 0 Å². The smallest absolute Gasteiger partial charge is 0.205 e. The van der Waals surface area contributed by atoms with Crippen LogP contribution in [0.25, 0.3) is 0 Å². The molecule has 0 aromatic heterocycles. The highest BCUT2D eigenvalue weighted by atomic mass is 15.3. The van der Waals surface area contributed by atoms with Gasteiger partial charge in [-0.05, 0) is 27.9 Å². The molecule has 6 nitrogen and oxygen atoms in total. The zero-order chi connectivity index (χ0) is 12.8. The summed E-state index contributed by atoms with van der Waals surface area (Å²) in [6.07, 6.45) is 0. The van der Waals surface area contributed by atoms with Crippen molar-refractivity contribution >= 4 is 5.96 Å². The largest absolute Gasteiger partial charge is 0.353 e. The maximum Gasteiger partial charge on any atom is 0.205 e. The molecule has 0 spiro atoms. The van der Waals surface area contributed by atoms with E-state index in [4.69, 9.17) is 5.84 Å². The van der Waals surface area contributed by atoms with Crippen LogP contribution in [0.5, 0.6) is 0 Å². The minimum absolute atomic E-state index is 0.330. The van der Waals surface area contributed by atoms with Crippen molar-refractivity contribution in [1.82, 2.24) is 20.5 Å². The maximum atomic E-state index is 5.43. The molecule has 0 aromatic rings. The van der Waals surface area contributed by atoms with E-state index in [1.54, 1.807) is 0 Å². The topological polar surface area (TPSA) is 68.9 Å². The SMILES string of the molecule is CC(C)NC(=NCC1CN(C)CCN1C)NN. The Balaban J connectivity index is 2.48.